The Morgan fingerprint density at radius 2 is 1.93 bits per heavy atom. The molecule has 1 saturated heterocycles. The van der Waals surface area contributed by atoms with E-state index in [9.17, 15) is 4.39 Å². The lowest BCUT2D eigenvalue weighted by atomic mass is 9.94. The first-order chi connectivity index (χ1) is 13.4. The maximum Gasteiger partial charge on any atom is 0.230 e. The smallest absolute Gasteiger partial charge is 0.230 e. The van der Waals surface area contributed by atoms with Crippen LogP contribution in [0.2, 0.25) is 0 Å². The summed E-state index contributed by atoms with van der Waals surface area (Å²) in [6, 6.07) is 4.95. The fraction of sp³-hybridized carbons (Fsp3) is 0.522. The van der Waals surface area contributed by atoms with E-state index >= 15 is 0 Å². The van der Waals surface area contributed by atoms with Gasteiger partial charge in [0.1, 0.15) is 5.82 Å². The first-order valence-corrected chi connectivity index (χ1v) is 10.7. The van der Waals surface area contributed by atoms with E-state index in [4.69, 9.17) is 22.2 Å². The summed E-state index contributed by atoms with van der Waals surface area (Å²) in [7, 11) is 0. The third kappa shape index (κ3) is 4.75. The number of rotatable bonds is 5. The van der Waals surface area contributed by atoms with E-state index < -0.39 is 0 Å². The summed E-state index contributed by atoms with van der Waals surface area (Å²) in [4.78, 5) is 12.9. The Balaban J connectivity index is 2.09. The molecule has 0 atom stereocenters. The molecule has 0 N–H and O–H groups in total. The van der Waals surface area contributed by atoms with Gasteiger partial charge in [-0.1, -0.05) is 38.6 Å². The van der Waals surface area contributed by atoms with Crippen LogP contribution in [0.15, 0.2) is 18.2 Å². The molecule has 150 valence electrons. The molecule has 2 heterocycles. The van der Waals surface area contributed by atoms with Gasteiger partial charge in [0.2, 0.25) is 5.95 Å². The highest BCUT2D eigenvalue weighted by Crippen LogP contribution is 2.32. The number of benzene rings is 1. The van der Waals surface area contributed by atoms with Crippen molar-refractivity contribution in [3.05, 3.63) is 41.0 Å². The van der Waals surface area contributed by atoms with Crippen molar-refractivity contribution in [1.82, 2.24) is 9.97 Å². The van der Waals surface area contributed by atoms with Gasteiger partial charge in [0.15, 0.2) is 0 Å². The lowest BCUT2D eigenvalue weighted by Crippen LogP contribution is -2.31. The van der Waals surface area contributed by atoms with Crippen LogP contribution in [0.1, 0.15) is 62.9 Å². The van der Waals surface area contributed by atoms with Crippen molar-refractivity contribution in [3.63, 3.8) is 0 Å². The van der Waals surface area contributed by atoms with Gasteiger partial charge in [0, 0.05) is 12.1 Å². The van der Waals surface area contributed by atoms with Crippen molar-refractivity contribution in [2.75, 3.05) is 11.4 Å². The summed E-state index contributed by atoms with van der Waals surface area (Å²) in [6.07, 6.45) is 6.30. The van der Waals surface area contributed by atoms with E-state index in [1.165, 1.54) is 12.5 Å². The van der Waals surface area contributed by atoms with Crippen LogP contribution < -0.4 is 4.90 Å². The van der Waals surface area contributed by atoms with Crippen LogP contribution in [0.25, 0.3) is 11.1 Å². The first kappa shape index (κ1) is 20.8. The van der Waals surface area contributed by atoms with Crippen LogP contribution in [0, 0.1) is 25.6 Å². The molecule has 1 aliphatic heterocycles. The van der Waals surface area contributed by atoms with Crippen LogP contribution >= 0.6 is 12.2 Å². The van der Waals surface area contributed by atoms with Gasteiger partial charge in [-0.3, -0.25) is 0 Å². The summed E-state index contributed by atoms with van der Waals surface area (Å²) in [5, 5.41) is 0. The molecule has 0 amide bonds. The van der Waals surface area contributed by atoms with Crippen molar-refractivity contribution >= 4 is 23.2 Å². The molecule has 0 saturated carbocycles. The molecule has 1 fully saturated rings. The van der Waals surface area contributed by atoms with Gasteiger partial charge in [0.25, 0.3) is 0 Å². The molecule has 3 nitrogen and oxygen atoms in total. The maximum absolute atomic E-state index is 13.7. The molecule has 5 heteroatoms. The molecule has 0 spiro atoms. The van der Waals surface area contributed by atoms with E-state index in [2.05, 4.69) is 18.7 Å². The molecule has 28 heavy (non-hydrogen) atoms. The van der Waals surface area contributed by atoms with Gasteiger partial charge in [-0.15, -0.1) is 0 Å². The predicted molar refractivity (Wildman–Crippen MR) is 118 cm³/mol. The minimum atomic E-state index is -0.213. The number of halogens is 1. The molecule has 0 bridgehead atoms. The minimum absolute atomic E-state index is 0.213. The molecule has 1 aliphatic rings. The maximum atomic E-state index is 13.7. The number of aryl methyl sites for hydroxylation is 3. The van der Waals surface area contributed by atoms with Crippen molar-refractivity contribution in [2.45, 2.75) is 66.2 Å². The van der Waals surface area contributed by atoms with Crippen LogP contribution in [-0.4, -0.2) is 21.5 Å². The number of anilines is 1. The normalized spacial score (nSPS) is 15.2. The summed E-state index contributed by atoms with van der Waals surface area (Å²) in [5.41, 5.74) is 4.95. The molecule has 3 rings (SSSR count). The Hall–Kier alpha value is -1.88. The largest absolute Gasteiger partial charge is 0.305 e. The molecule has 1 aromatic heterocycles. The van der Waals surface area contributed by atoms with E-state index in [1.54, 1.807) is 6.07 Å². The highest BCUT2D eigenvalue weighted by Gasteiger charge is 2.22. The summed E-state index contributed by atoms with van der Waals surface area (Å²) < 4.78 is 13.7. The first-order valence-electron chi connectivity index (χ1n) is 10.3. The fourth-order valence-electron chi connectivity index (χ4n) is 3.80. The Bertz CT molecular complexity index is 863. The van der Waals surface area contributed by atoms with Crippen molar-refractivity contribution < 1.29 is 4.39 Å². The molecular weight excluding hydrogens is 369 g/mol. The second kappa shape index (κ2) is 9.08. The molecule has 0 radical (unpaired) electrons. The Morgan fingerprint density at radius 1 is 1.14 bits per heavy atom. The van der Waals surface area contributed by atoms with E-state index in [-0.39, 0.29) is 5.82 Å². The topological polar surface area (TPSA) is 29.0 Å². The van der Waals surface area contributed by atoms with Crippen molar-refractivity contribution in [3.8, 4) is 11.1 Å². The van der Waals surface area contributed by atoms with Crippen LogP contribution in [0.3, 0.4) is 0 Å². The lowest BCUT2D eigenvalue weighted by molar-refractivity contribution is 0.581. The van der Waals surface area contributed by atoms with Gasteiger partial charge >= 0.3 is 0 Å². The van der Waals surface area contributed by atoms with Crippen LogP contribution in [0.5, 0.6) is 0 Å². The lowest BCUT2D eigenvalue weighted by Gasteiger charge is -2.24. The zero-order chi connectivity index (χ0) is 20.3. The minimum Gasteiger partial charge on any atom is -0.305 e. The standard InChI is InChI=1S/C23H30FN3S/c1-15(2)9-12-20-22(19-11-10-18(24)14-16(19)3)17(4)25-23(26-20)27-13-7-5-6-8-21(27)28/h10-11,14-15H,5-9,12-13H2,1-4H3. The zero-order valence-corrected chi connectivity index (χ0v) is 18.2. The van der Waals surface area contributed by atoms with Crippen LogP contribution in [-0.2, 0) is 6.42 Å². The number of aromatic nitrogens is 2. The summed E-state index contributed by atoms with van der Waals surface area (Å²) >= 11 is 5.65. The quantitative estimate of drug-likeness (QED) is 0.560. The Morgan fingerprint density at radius 3 is 2.64 bits per heavy atom. The number of thiocarbonyl (C=S) groups is 1. The third-order valence-corrected chi connectivity index (χ3v) is 5.81. The monoisotopic (exact) mass is 399 g/mol. The van der Waals surface area contributed by atoms with E-state index in [0.29, 0.717) is 5.92 Å². The average molecular weight is 400 g/mol. The molecular formula is C23H30FN3S. The van der Waals surface area contributed by atoms with Gasteiger partial charge < -0.3 is 4.90 Å². The van der Waals surface area contributed by atoms with Crippen LogP contribution in [0.4, 0.5) is 10.3 Å². The summed E-state index contributed by atoms with van der Waals surface area (Å²) in [5.74, 6) is 1.10. The Labute approximate surface area is 173 Å². The molecule has 0 unspecified atom stereocenters. The summed E-state index contributed by atoms with van der Waals surface area (Å²) in [6.45, 7) is 9.31. The van der Waals surface area contributed by atoms with Gasteiger partial charge in [0.05, 0.1) is 16.4 Å². The number of hydrogen-bond donors (Lipinski definition) is 0. The third-order valence-electron chi connectivity index (χ3n) is 5.38. The SMILES string of the molecule is Cc1cc(F)ccc1-c1c(C)nc(N2CCCCCC2=S)nc1CCC(C)C. The average Bonchev–Trinajstić information content (AvgIpc) is 2.85. The van der Waals surface area contributed by atoms with Crippen molar-refractivity contribution in [1.29, 1.82) is 0 Å². The molecule has 2 aromatic rings. The highest BCUT2D eigenvalue weighted by molar-refractivity contribution is 7.80. The second-order valence-corrected chi connectivity index (χ2v) is 8.65. The predicted octanol–water partition coefficient (Wildman–Crippen LogP) is 6.20. The Kier molecular flexibility index (Phi) is 6.76. The fourth-order valence-corrected chi connectivity index (χ4v) is 4.11. The number of hydrogen-bond acceptors (Lipinski definition) is 3. The van der Waals surface area contributed by atoms with Gasteiger partial charge in [-0.05, 0) is 75.1 Å². The van der Waals surface area contributed by atoms with E-state index in [0.717, 1.165) is 77.7 Å². The number of nitrogens with zero attached hydrogens (tertiary/aromatic N) is 3. The van der Waals surface area contributed by atoms with E-state index in [1.807, 2.05) is 19.9 Å². The molecule has 1 aromatic carbocycles. The van der Waals surface area contributed by atoms with Gasteiger partial charge in [-0.2, -0.15) is 0 Å². The van der Waals surface area contributed by atoms with Crippen molar-refractivity contribution in [2.24, 2.45) is 5.92 Å². The zero-order valence-electron chi connectivity index (χ0n) is 17.4. The second-order valence-electron chi connectivity index (χ2n) is 8.18. The highest BCUT2D eigenvalue weighted by atomic mass is 32.1. The van der Waals surface area contributed by atoms with Gasteiger partial charge in [-0.25, -0.2) is 14.4 Å². The molecule has 0 aliphatic carbocycles.